The minimum Gasteiger partial charge on any atom is -0.381 e. The number of hydrogen-bond donors (Lipinski definition) is 1. The van der Waals surface area contributed by atoms with Crippen LogP contribution >= 0.6 is 15.9 Å². The van der Waals surface area contributed by atoms with Crippen LogP contribution in [-0.2, 0) is 4.74 Å². The first kappa shape index (κ1) is 13.1. The molecule has 1 heterocycles. The molecule has 0 aromatic heterocycles. The van der Waals surface area contributed by atoms with Gasteiger partial charge in [0.2, 0.25) is 0 Å². The first-order valence-corrected chi connectivity index (χ1v) is 7.11. The molecule has 1 fully saturated rings. The summed E-state index contributed by atoms with van der Waals surface area (Å²) in [6.45, 7) is 5.17. The van der Waals surface area contributed by atoms with Crippen molar-refractivity contribution in [3.05, 3.63) is 34.3 Å². The van der Waals surface area contributed by atoms with Crippen LogP contribution in [0.1, 0.15) is 31.4 Å². The van der Waals surface area contributed by atoms with Crippen LogP contribution in [0.25, 0.3) is 0 Å². The topological polar surface area (TPSA) is 21.3 Å². The Balaban J connectivity index is 1.82. The van der Waals surface area contributed by atoms with Crippen molar-refractivity contribution in [2.24, 2.45) is 5.92 Å². The average molecular weight is 298 g/mol. The summed E-state index contributed by atoms with van der Waals surface area (Å²) in [6, 6.07) is 8.92. The fraction of sp³-hybridized carbons (Fsp3) is 0.571. The van der Waals surface area contributed by atoms with E-state index in [1.807, 2.05) is 0 Å². The molecule has 2 nitrogen and oxygen atoms in total. The molecule has 94 valence electrons. The predicted molar refractivity (Wildman–Crippen MR) is 74.1 cm³/mol. The van der Waals surface area contributed by atoms with Gasteiger partial charge in [-0.05, 0) is 49.9 Å². The van der Waals surface area contributed by atoms with Gasteiger partial charge in [-0.3, -0.25) is 0 Å². The van der Waals surface area contributed by atoms with Gasteiger partial charge in [-0.1, -0.05) is 28.1 Å². The van der Waals surface area contributed by atoms with Crippen molar-refractivity contribution in [3.63, 3.8) is 0 Å². The zero-order chi connectivity index (χ0) is 12.1. The summed E-state index contributed by atoms with van der Waals surface area (Å²) in [5, 5.41) is 3.62. The van der Waals surface area contributed by atoms with E-state index in [4.69, 9.17) is 4.74 Å². The third-order valence-corrected chi connectivity index (χ3v) is 3.90. The van der Waals surface area contributed by atoms with Crippen molar-refractivity contribution in [2.45, 2.75) is 25.8 Å². The van der Waals surface area contributed by atoms with Gasteiger partial charge in [0.15, 0.2) is 0 Å². The Labute approximate surface area is 112 Å². The van der Waals surface area contributed by atoms with Crippen LogP contribution in [-0.4, -0.2) is 19.8 Å². The molecule has 3 heteroatoms. The minimum absolute atomic E-state index is 0.412. The molecule has 0 radical (unpaired) electrons. The average Bonchev–Trinajstić information content (AvgIpc) is 2.37. The number of halogens is 1. The summed E-state index contributed by atoms with van der Waals surface area (Å²) >= 11 is 3.51. The van der Waals surface area contributed by atoms with Crippen molar-refractivity contribution in [1.82, 2.24) is 5.32 Å². The van der Waals surface area contributed by atoms with Gasteiger partial charge in [0, 0.05) is 23.7 Å². The Morgan fingerprint density at radius 2 is 2.18 bits per heavy atom. The highest BCUT2D eigenvalue weighted by Gasteiger charge is 2.14. The number of rotatable bonds is 4. The van der Waals surface area contributed by atoms with Gasteiger partial charge in [-0.15, -0.1) is 0 Å². The van der Waals surface area contributed by atoms with Crippen LogP contribution in [0.3, 0.4) is 0 Å². The molecule has 1 atom stereocenters. The Hall–Kier alpha value is -0.380. The molecular weight excluding hydrogens is 278 g/mol. The zero-order valence-corrected chi connectivity index (χ0v) is 11.9. The predicted octanol–water partition coefficient (Wildman–Crippen LogP) is 3.53. The maximum Gasteiger partial charge on any atom is 0.0469 e. The van der Waals surface area contributed by atoms with E-state index < -0.39 is 0 Å². The lowest BCUT2D eigenvalue weighted by Gasteiger charge is -2.24. The number of benzene rings is 1. The molecule has 17 heavy (non-hydrogen) atoms. The van der Waals surface area contributed by atoms with Crippen molar-refractivity contribution in [3.8, 4) is 0 Å². The highest BCUT2D eigenvalue weighted by Crippen LogP contribution is 2.19. The standard InChI is InChI=1S/C14H20BrNO/c1-11(13-3-2-4-14(15)9-13)16-10-12-5-7-17-8-6-12/h2-4,9,11-12,16H,5-8,10H2,1H3/t11-/m0/s1. The van der Waals surface area contributed by atoms with E-state index in [0.717, 1.165) is 30.1 Å². The molecule has 1 aliphatic heterocycles. The van der Waals surface area contributed by atoms with Crippen LogP contribution < -0.4 is 5.32 Å². The Bertz CT molecular complexity index is 350. The Morgan fingerprint density at radius 3 is 2.88 bits per heavy atom. The summed E-state index contributed by atoms with van der Waals surface area (Å²) in [5.74, 6) is 0.776. The molecule has 1 aromatic carbocycles. The second-order valence-corrected chi connectivity index (χ2v) is 5.66. The van der Waals surface area contributed by atoms with Gasteiger partial charge in [0.25, 0.3) is 0 Å². The van der Waals surface area contributed by atoms with Gasteiger partial charge in [-0.2, -0.15) is 0 Å². The lowest BCUT2D eigenvalue weighted by atomic mass is 9.99. The largest absolute Gasteiger partial charge is 0.381 e. The first-order valence-electron chi connectivity index (χ1n) is 6.32. The van der Waals surface area contributed by atoms with Crippen LogP contribution in [0.15, 0.2) is 28.7 Å². The monoisotopic (exact) mass is 297 g/mol. The van der Waals surface area contributed by atoms with Crippen molar-refractivity contribution >= 4 is 15.9 Å². The summed E-state index contributed by atoms with van der Waals surface area (Å²) in [5.41, 5.74) is 1.34. The maximum atomic E-state index is 5.37. The highest BCUT2D eigenvalue weighted by molar-refractivity contribution is 9.10. The van der Waals surface area contributed by atoms with E-state index >= 15 is 0 Å². The lowest BCUT2D eigenvalue weighted by molar-refractivity contribution is 0.0656. The molecule has 0 unspecified atom stereocenters. The third kappa shape index (κ3) is 4.09. The first-order chi connectivity index (χ1) is 8.25. The molecule has 1 aliphatic rings. The van der Waals surface area contributed by atoms with Crippen LogP contribution in [0.2, 0.25) is 0 Å². The Morgan fingerprint density at radius 1 is 1.41 bits per heavy atom. The normalized spacial score (nSPS) is 19.2. The van der Waals surface area contributed by atoms with E-state index in [1.165, 1.54) is 18.4 Å². The van der Waals surface area contributed by atoms with E-state index in [1.54, 1.807) is 0 Å². The van der Waals surface area contributed by atoms with E-state index in [0.29, 0.717) is 6.04 Å². The van der Waals surface area contributed by atoms with E-state index in [-0.39, 0.29) is 0 Å². The smallest absolute Gasteiger partial charge is 0.0469 e. The number of ether oxygens (including phenoxy) is 1. The number of hydrogen-bond acceptors (Lipinski definition) is 2. The van der Waals surface area contributed by atoms with Gasteiger partial charge < -0.3 is 10.1 Å². The summed E-state index contributed by atoms with van der Waals surface area (Å²) in [6.07, 6.45) is 2.39. The second kappa shape index (κ2) is 6.53. The fourth-order valence-electron chi connectivity index (χ4n) is 2.19. The molecule has 2 rings (SSSR count). The zero-order valence-electron chi connectivity index (χ0n) is 10.3. The van der Waals surface area contributed by atoms with Gasteiger partial charge in [0.1, 0.15) is 0 Å². The molecule has 0 amide bonds. The maximum absolute atomic E-state index is 5.37. The SMILES string of the molecule is C[C@H](NCC1CCOCC1)c1cccc(Br)c1. The van der Waals surface area contributed by atoms with E-state index in [9.17, 15) is 0 Å². The van der Waals surface area contributed by atoms with Crippen molar-refractivity contribution < 1.29 is 4.74 Å². The molecule has 0 spiro atoms. The van der Waals surface area contributed by atoms with Crippen LogP contribution in [0.4, 0.5) is 0 Å². The van der Waals surface area contributed by atoms with Gasteiger partial charge in [-0.25, -0.2) is 0 Å². The molecule has 0 saturated carbocycles. The third-order valence-electron chi connectivity index (χ3n) is 3.40. The molecule has 1 saturated heterocycles. The molecule has 1 N–H and O–H groups in total. The number of nitrogens with one attached hydrogen (secondary N) is 1. The van der Waals surface area contributed by atoms with E-state index in [2.05, 4.69) is 52.4 Å². The summed E-state index contributed by atoms with van der Waals surface area (Å²) in [4.78, 5) is 0. The molecular formula is C14H20BrNO. The summed E-state index contributed by atoms with van der Waals surface area (Å²) < 4.78 is 6.52. The molecule has 0 bridgehead atoms. The van der Waals surface area contributed by atoms with Gasteiger partial charge >= 0.3 is 0 Å². The quantitative estimate of drug-likeness (QED) is 0.918. The summed E-state index contributed by atoms with van der Waals surface area (Å²) in [7, 11) is 0. The van der Waals surface area contributed by atoms with Crippen molar-refractivity contribution in [2.75, 3.05) is 19.8 Å². The second-order valence-electron chi connectivity index (χ2n) is 4.74. The van der Waals surface area contributed by atoms with Crippen molar-refractivity contribution in [1.29, 1.82) is 0 Å². The Kier molecular flexibility index (Phi) is 5.01. The fourth-order valence-corrected chi connectivity index (χ4v) is 2.60. The molecule has 0 aliphatic carbocycles. The minimum atomic E-state index is 0.412. The molecule has 1 aromatic rings. The highest BCUT2D eigenvalue weighted by atomic mass is 79.9. The lowest BCUT2D eigenvalue weighted by Crippen LogP contribution is -2.29. The van der Waals surface area contributed by atoms with Crippen LogP contribution in [0.5, 0.6) is 0 Å². The van der Waals surface area contributed by atoms with Gasteiger partial charge in [0.05, 0.1) is 0 Å². The van der Waals surface area contributed by atoms with Crippen LogP contribution in [0, 0.1) is 5.92 Å².